The molecule has 0 amide bonds. The van der Waals surface area contributed by atoms with Crippen molar-refractivity contribution in [3.63, 3.8) is 0 Å². The molecule has 0 unspecified atom stereocenters. The van der Waals surface area contributed by atoms with Crippen LogP contribution in [-0.2, 0) is 6.54 Å². The molecular weight excluding hydrogens is 197 g/mol. The van der Waals surface area contributed by atoms with E-state index in [1.165, 1.54) is 19.2 Å². The topological polar surface area (TPSA) is 41.5 Å². The minimum atomic E-state index is -0.470. The van der Waals surface area contributed by atoms with Crippen LogP contribution in [0.3, 0.4) is 0 Å². The quantitative estimate of drug-likeness (QED) is 0.742. The fourth-order valence-corrected chi connectivity index (χ4v) is 1.29. The molecule has 13 heavy (non-hydrogen) atoms. The van der Waals surface area contributed by atoms with Crippen LogP contribution in [0.1, 0.15) is 5.56 Å². The van der Waals surface area contributed by atoms with Gasteiger partial charge in [-0.3, -0.25) is 0 Å². The number of hydrogen-bond acceptors (Lipinski definition) is 3. The molecule has 0 aliphatic heterocycles. The first-order valence-corrected chi connectivity index (χ1v) is 3.96. The molecule has 3 nitrogen and oxygen atoms in total. The van der Waals surface area contributed by atoms with E-state index in [-0.39, 0.29) is 17.9 Å². The van der Waals surface area contributed by atoms with Gasteiger partial charge in [-0.15, -0.1) is 0 Å². The van der Waals surface area contributed by atoms with Crippen molar-refractivity contribution in [1.82, 2.24) is 5.48 Å². The molecule has 0 fully saturated rings. The van der Waals surface area contributed by atoms with Gasteiger partial charge in [0.05, 0.1) is 18.7 Å². The van der Waals surface area contributed by atoms with Crippen LogP contribution >= 0.6 is 11.6 Å². The van der Waals surface area contributed by atoms with Crippen molar-refractivity contribution < 1.29 is 14.3 Å². The van der Waals surface area contributed by atoms with Crippen molar-refractivity contribution in [3.05, 3.63) is 28.5 Å². The van der Waals surface area contributed by atoms with E-state index < -0.39 is 5.82 Å². The van der Waals surface area contributed by atoms with Crippen LogP contribution in [0.2, 0.25) is 5.02 Å². The number of methoxy groups -OCH3 is 1. The van der Waals surface area contributed by atoms with Crippen molar-refractivity contribution in [2.24, 2.45) is 0 Å². The number of hydrogen-bond donors (Lipinski definition) is 2. The first-order chi connectivity index (χ1) is 6.20. The molecule has 0 heterocycles. The highest BCUT2D eigenvalue weighted by Crippen LogP contribution is 2.30. The largest absolute Gasteiger partial charge is 0.495 e. The fraction of sp³-hybridized carbons (Fsp3) is 0.250. The number of halogens is 2. The van der Waals surface area contributed by atoms with Gasteiger partial charge in [-0.1, -0.05) is 11.6 Å². The van der Waals surface area contributed by atoms with E-state index in [4.69, 9.17) is 21.5 Å². The van der Waals surface area contributed by atoms with Crippen LogP contribution in [0.5, 0.6) is 5.75 Å². The molecular formula is C8H9ClFNO2. The van der Waals surface area contributed by atoms with E-state index >= 15 is 0 Å². The van der Waals surface area contributed by atoms with Crippen LogP contribution < -0.4 is 10.2 Å². The first kappa shape index (κ1) is 10.2. The zero-order chi connectivity index (χ0) is 9.84. The molecule has 1 aromatic rings. The highest BCUT2D eigenvalue weighted by atomic mass is 35.5. The van der Waals surface area contributed by atoms with Crippen LogP contribution in [0, 0.1) is 5.82 Å². The van der Waals surface area contributed by atoms with Gasteiger partial charge >= 0.3 is 0 Å². The van der Waals surface area contributed by atoms with E-state index in [2.05, 4.69) is 0 Å². The highest BCUT2D eigenvalue weighted by Gasteiger charge is 2.12. The van der Waals surface area contributed by atoms with Crippen molar-refractivity contribution in [3.8, 4) is 5.75 Å². The third-order valence-corrected chi connectivity index (χ3v) is 1.91. The Morgan fingerprint density at radius 1 is 1.62 bits per heavy atom. The number of hydroxylamine groups is 1. The van der Waals surface area contributed by atoms with Crippen molar-refractivity contribution in [1.29, 1.82) is 0 Å². The monoisotopic (exact) mass is 205 g/mol. The van der Waals surface area contributed by atoms with Crippen molar-refractivity contribution in [2.45, 2.75) is 6.54 Å². The fourth-order valence-electron chi connectivity index (χ4n) is 1.04. The van der Waals surface area contributed by atoms with E-state index in [9.17, 15) is 4.39 Å². The molecule has 0 saturated heterocycles. The van der Waals surface area contributed by atoms with Gasteiger partial charge in [0.15, 0.2) is 0 Å². The summed E-state index contributed by atoms with van der Waals surface area (Å²) in [5.41, 5.74) is 2.05. The second-order valence-corrected chi connectivity index (χ2v) is 2.78. The number of benzene rings is 1. The molecule has 1 aromatic carbocycles. The summed E-state index contributed by atoms with van der Waals surface area (Å²) < 4.78 is 18.0. The normalized spacial score (nSPS) is 10.2. The Morgan fingerprint density at radius 2 is 2.31 bits per heavy atom. The smallest absolute Gasteiger partial charge is 0.144 e. The lowest BCUT2D eigenvalue weighted by Crippen LogP contribution is -2.09. The maximum Gasteiger partial charge on any atom is 0.144 e. The lowest BCUT2D eigenvalue weighted by Gasteiger charge is -2.09. The molecule has 0 aliphatic rings. The van der Waals surface area contributed by atoms with Crippen molar-refractivity contribution in [2.75, 3.05) is 7.11 Å². The summed E-state index contributed by atoms with van der Waals surface area (Å²) in [5, 5.41) is 8.75. The maximum atomic E-state index is 13.1. The zero-order valence-corrected chi connectivity index (χ0v) is 7.73. The van der Waals surface area contributed by atoms with E-state index in [1.54, 1.807) is 0 Å². The average molecular weight is 206 g/mol. The summed E-state index contributed by atoms with van der Waals surface area (Å²) in [6.07, 6.45) is 0. The second kappa shape index (κ2) is 4.41. The Bertz CT molecular complexity index is 306. The van der Waals surface area contributed by atoms with E-state index in [1.807, 2.05) is 5.48 Å². The Morgan fingerprint density at radius 3 is 2.85 bits per heavy atom. The van der Waals surface area contributed by atoms with Crippen molar-refractivity contribution >= 4 is 11.6 Å². The van der Waals surface area contributed by atoms with Gasteiger partial charge in [-0.2, -0.15) is 0 Å². The minimum absolute atomic E-state index is 0.0461. The Kier molecular flexibility index (Phi) is 3.48. The molecule has 5 heteroatoms. The number of rotatable bonds is 3. The van der Waals surface area contributed by atoms with E-state index in [0.717, 1.165) is 0 Å². The molecule has 0 spiro atoms. The van der Waals surface area contributed by atoms with Gasteiger partial charge in [0.25, 0.3) is 0 Å². The summed E-state index contributed by atoms with van der Waals surface area (Å²) in [4.78, 5) is 0. The highest BCUT2D eigenvalue weighted by molar-refractivity contribution is 6.32. The molecule has 0 radical (unpaired) electrons. The zero-order valence-electron chi connectivity index (χ0n) is 6.97. The van der Waals surface area contributed by atoms with Gasteiger partial charge in [0.2, 0.25) is 0 Å². The Hall–Kier alpha value is -0.840. The summed E-state index contributed by atoms with van der Waals surface area (Å²) in [7, 11) is 1.39. The summed E-state index contributed by atoms with van der Waals surface area (Å²) in [5.74, 6) is -0.231. The van der Waals surface area contributed by atoms with Crippen LogP contribution in [-0.4, -0.2) is 12.3 Å². The molecule has 2 N–H and O–H groups in total. The molecule has 0 atom stereocenters. The molecule has 0 aliphatic carbocycles. The molecule has 0 aromatic heterocycles. The van der Waals surface area contributed by atoms with Gasteiger partial charge < -0.3 is 9.94 Å². The molecule has 0 bridgehead atoms. The third kappa shape index (κ3) is 2.09. The maximum absolute atomic E-state index is 13.1. The Labute approximate surface area is 80.0 Å². The van der Waals surface area contributed by atoms with Crippen LogP contribution in [0.15, 0.2) is 12.1 Å². The lowest BCUT2D eigenvalue weighted by molar-refractivity contribution is 0.158. The molecule has 72 valence electrons. The number of nitrogens with one attached hydrogen (secondary N) is 1. The van der Waals surface area contributed by atoms with E-state index in [0.29, 0.717) is 5.02 Å². The molecule has 1 rings (SSSR count). The summed E-state index contributed by atoms with van der Waals surface area (Å²) in [6, 6.07) is 2.62. The summed E-state index contributed by atoms with van der Waals surface area (Å²) >= 11 is 5.74. The minimum Gasteiger partial charge on any atom is -0.495 e. The lowest BCUT2D eigenvalue weighted by atomic mass is 10.2. The summed E-state index contributed by atoms with van der Waals surface area (Å²) in [6.45, 7) is -0.0461. The van der Waals surface area contributed by atoms with Gasteiger partial charge in [0.1, 0.15) is 11.6 Å². The Balaban J connectivity index is 3.18. The number of ether oxygens (including phenoxy) is 1. The van der Waals surface area contributed by atoms with Gasteiger partial charge in [0, 0.05) is 5.56 Å². The average Bonchev–Trinajstić information content (AvgIpc) is 2.12. The standard InChI is InChI=1S/C8H9ClFNO2/c1-13-8-5(4-11-12)7(10)3-2-6(8)9/h2-3,11-12H,4H2,1H3. The SMILES string of the molecule is COc1c(Cl)ccc(F)c1CNO. The van der Waals surface area contributed by atoms with Crippen LogP contribution in [0.4, 0.5) is 4.39 Å². The van der Waals surface area contributed by atoms with Gasteiger partial charge in [-0.05, 0) is 12.1 Å². The van der Waals surface area contributed by atoms with Gasteiger partial charge in [-0.25, -0.2) is 9.87 Å². The first-order valence-electron chi connectivity index (χ1n) is 3.58. The molecule has 0 saturated carbocycles. The second-order valence-electron chi connectivity index (χ2n) is 2.38. The third-order valence-electron chi connectivity index (χ3n) is 1.62. The van der Waals surface area contributed by atoms with Crippen LogP contribution in [0.25, 0.3) is 0 Å². The predicted octanol–water partition coefficient (Wildman–Crippen LogP) is 1.97. The predicted molar refractivity (Wildman–Crippen MR) is 46.6 cm³/mol.